The molecule has 2 bridgehead atoms. The molecule has 0 aromatic heterocycles. The molecule has 0 aromatic carbocycles. The molecule has 3 heteroatoms. The van der Waals surface area contributed by atoms with E-state index in [4.69, 9.17) is 0 Å². The summed E-state index contributed by atoms with van der Waals surface area (Å²) in [5.41, 5.74) is -0.667. The molecule has 1 N–H and O–H groups in total. The normalized spacial score (nSPS) is 53.8. The average molecular weight is 263 g/mol. The molecule has 2 saturated heterocycles. The molecule has 2 heterocycles. The minimum Gasteiger partial charge on any atom is -0.389 e. The number of rotatable bonds is 0. The zero-order valence-corrected chi connectivity index (χ0v) is 11.9. The van der Waals surface area contributed by atoms with Crippen LogP contribution in [0, 0.1) is 17.8 Å². The van der Waals surface area contributed by atoms with Crippen LogP contribution >= 0.6 is 0 Å². The van der Waals surface area contributed by atoms with Crippen LogP contribution in [0.3, 0.4) is 0 Å². The molecule has 0 amide bonds. The molecule has 19 heavy (non-hydrogen) atoms. The fourth-order valence-corrected chi connectivity index (χ4v) is 6.27. The fourth-order valence-electron chi connectivity index (χ4n) is 6.27. The van der Waals surface area contributed by atoms with Crippen LogP contribution in [0.5, 0.6) is 0 Å². The van der Waals surface area contributed by atoms with Gasteiger partial charge in [-0.2, -0.15) is 0 Å². The predicted octanol–water partition coefficient (Wildman–Crippen LogP) is 1.98. The van der Waals surface area contributed by atoms with Crippen LogP contribution < -0.4 is 0 Å². The van der Waals surface area contributed by atoms with Gasteiger partial charge in [0.05, 0.1) is 5.60 Å². The highest BCUT2D eigenvalue weighted by Gasteiger charge is 2.67. The van der Waals surface area contributed by atoms with Crippen molar-refractivity contribution < 1.29 is 9.90 Å². The molecule has 4 fully saturated rings. The lowest BCUT2D eigenvalue weighted by molar-refractivity contribution is -0.220. The second-order valence-corrected chi connectivity index (χ2v) is 7.63. The van der Waals surface area contributed by atoms with Crippen molar-refractivity contribution in [3.05, 3.63) is 0 Å². The van der Waals surface area contributed by atoms with Gasteiger partial charge in [-0.15, -0.1) is 0 Å². The van der Waals surface area contributed by atoms with Crippen molar-refractivity contribution in [2.45, 2.75) is 63.0 Å². The molecule has 0 aromatic rings. The number of carbonyl (C=O) groups excluding carboxylic acids is 1. The number of carbonyl (C=O) groups is 1. The predicted molar refractivity (Wildman–Crippen MR) is 72.7 cm³/mol. The first-order valence-electron chi connectivity index (χ1n) is 8.06. The summed E-state index contributed by atoms with van der Waals surface area (Å²) in [7, 11) is 0. The number of aliphatic hydroxyl groups is 1. The van der Waals surface area contributed by atoms with E-state index >= 15 is 0 Å². The van der Waals surface area contributed by atoms with E-state index in [1.165, 1.54) is 6.42 Å². The van der Waals surface area contributed by atoms with Gasteiger partial charge in [-0.3, -0.25) is 9.69 Å². The largest absolute Gasteiger partial charge is 0.389 e. The van der Waals surface area contributed by atoms with Crippen molar-refractivity contribution in [3.63, 3.8) is 0 Å². The molecular formula is C16H25NO2. The zero-order chi connectivity index (χ0) is 13.3. The quantitative estimate of drug-likeness (QED) is 0.726. The van der Waals surface area contributed by atoms with Crippen LogP contribution in [0.4, 0.5) is 0 Å². The van der Waals surface area contributed by atoms with Crippen LogP contribution in [0.2, 0.25) is 0 Å². The topological polar surface area (TPSA) is 40.5 Å². The third-order valence-electron chi connectivity index (χ3n) is 6.53. The van der Waals surface area contributed by atoms with E-state index in [-0.39, 0.29) is 11.5 Å². The molecule has 106 valence electrons. The van der Waals surface area contributed by atoms with Crippen molar-refractivity contribution in [3.8, 4) is 0 Å². The summed E-state index contributed by atoms with van der Waals surface area (Å²) in [5.74, 6) is 1.48. The van der Waals surface area contributed by atoms with Crippen LogP contribution in [0.15, 0.2) is 0 Å². The molecule has 2 aliphatic carbocycles. The van der Waals surface area contributed by atoms with E-state index < -0.39 is 5.60 Å². The first-order chi connectivity index (χ1) is 9.06. The van der Waals surface area contributed by atoms with Crippen molar-refractivity contribution >= 4 is 5.78 Å². The van der Waals surface area contributed by atoms with Gasteiger partial charge in [-0.25, -0.2) is 0 Å². The monoisotopic (exact) mass is 263 g/mol. The first-order valence-corrected chi connectivity index (χ1v) is 8.06. The summed E-state index contributed by atoms with van der Waals surface area (Å²) < 4.78 is 0. The van der Waals surface area contributed by atoms with Gasteiger partial charge in [0, 0.05) is 23.8 Å². The molecule has 0 unspecified atom stereocenters. The summed E-state index contributed by atoms with van der Waals surface area (Å²) in [6.07, 6.45) is 6.96. The van der Waals surface area contributed by atoms with Gasteiger partial charge in [-0.1, -0.05) is 6.92 Å². The first kappa shape index (κ1) is 12.3. The summed E-state index contributed by atoms with van der Waals surface area (Å²) in [6.45, 7) is 4.55. The third-order valence-corrected chi connectivity index (χ3v) is 6.53. The van der Waals surface area contributed by atoms with Crippen molar-refractivity contribution in [1.29, 1.82) is 0 Å². The van der Waals surface area contributed by atoms with E-state index in [1.807, 2.05) is 0 Å². The molecule has 4 aliphatic rings. The Balaban J connectivity index is 1.87. The molecule has 4 rings (SSSR count). The molecule has 0 radical (unpaired) electrons. The third kappa shape index (κ3) is 1.43. The minimum atomic E-state index is -0.693. The van der Waals surface area contributed by atoms with Crippen LogP contribution in [0.1, 0.15) is 51.9 Å². The molecular weight excluding hydrogens is 238 g/mol. The van der Waals surface area contributed by atoms with Gasteiger partial charge in [0.15, 0.2) is 0 Å². The van der Waals surface area contributed by atoms with Crippen LogP contribution in [-0.2, 0) is 4.79 Å². The number of Topliss-reactive ketones (excluding diaryl/α,β-unsaturated/α-hetero) is 1. The molecule has 1 spiro atoms. The number of hydrogen-bond donors (Lipinski definition) is 1. The highest BCUT2D eigenvalue weighted by Crippen LogP contribution is 2.60. The summed E-state index contributed by atoms with van der Waals surface area (Å²) in [6, 6.07) is 0. The summed E-state index contributed by atoms with van der Waals surface area (Å²) >= 11 is 0. The Morgan fingerprint density at radius 3 is 2.74 bits per heavy atom. The van der Waals surface area contributed by atoms with Crippen molar-refractivity contribution in [2.24, 2.45) is 17.8 Å². The van der Waals surface area contributed by atoms with Crippen molar-refractivity contribution in [2.75, 3.05) is 13.1 Å². The van der Waals surface area contributed by atoms with Gasteiger partial charge >= 0.3 is 0 Å². The molecule has 2 saturated carbocycles. The Kier molecular flexibility index (Phi) is 2.48. The summed E-state index contributed by atoms with van der Waals surface area (Å²) in [5, 5.41) is 11.1. The number of hydrogen-bond acceptors (Lipinski definition) is 3. The fraction of sp³-hybridized carbons (Fsp3) is 0.938. The Bertz CT molecular complexity index is 421. The highest BCUT2D eigenvalue weighted by atomic mass is 16.3. The Hall–Kier alpha value is -0.410. The maximum atomic E-state index is 12.6. The van der Waals surface area contributed by atoms with E-state index in [0.717, 1.165) is 45.2 Å². The number of piperidine rings is 2. The average Bonchev–Trinajstić information content (AvgIpc) is 2.33. The lowest BCUT2D eigenvalue weighted by Gasteiger charge is -2.68. The smallest absolute Gasteiger partial charge is 0.140 e. The van der Waals surface area contributed by atoms with Gasteiger partial charge in [0.1, 0.15) is 5.78 Å². The summed E-state index contributed by atoms with van der Waals surface area (Å²) in [4.78, 5) is 15.2. The van der Waals surface area contributed by atoms with E-state index in [2.05, 4.69) is 11.8 Å². The minimum absolute atomic E-state index is 0.0260. The SMILES string of the molecule is C[C@@H]1C[C@@]2(O)CC(=O)[C@H]3CCCN4CCC[C@H]2[C@]34C1. The second-order valence-electron chi connectivity index (χ2n) is 7.63. The molecule has 2 aliphatic heterocycles. The Labute approximate surface area is 115 Å². The molecule has 3 nitrogen and oxygen atoms in total. The van der Waals surface area contributed by atoms with Crippen molar-refractivity contribution in [1.82, 2.24) is 4.90 Å². The van der Waals surface area contributed by atoms with E-state index in [0.29, 0.717) is 24.0 Å². The molecule has 5 atom stereocenters. The zero-order valence-electron chi connectivity index (χ0n) is 11.9. The number of nitrogens with zero attached hydrogens (tertiary/aromatic N) is 1. The Morgan fingerprint density at radius 1 is 1.21 bits per heavy atom. The van der Waals surface area contributed by atoms with Gasteiger partial charge in [0.25, 0.3) is 0 Å². The van der Waals surface area contributed by atoms with Gasteiger partial charge in [0.2, 0.25) is 0 Å². The van der Waals surface area contributed by atoms with E-state index in [1.54, 1.807) is 0 Å². The second kappa shape index (κ2) is 3.82. The Morgan fingerprint density at radius 2 is 1.95 bits per heavy atom. The van der Waals surface area contributed by atoms with Gasteiger partial charge in [-0.05, 0) is 57.5 Å². The lowest BCUT2D eigenvalue weighted by atomic mass is 9.47. The lowest BCUT2D eigenvalue weighted by Crippen LogP contribution is -2.75. The standard InChI is InChI=1S/C16H25NO2/c1-11-8-15(19)10-13(18)12-4-2-6-17-7-3-5-14(15)16(12,17)9-11/h11-12,14,19H,2-10H2,1H3/t11-,12-,14-,15-,16+/m1/s1. The maximum absolute atomic E-state index is 12.6. The van der Waals surface area contributed by atoms with Crippen LogP contribution in [0.25, 0.3) is 0 Å². The van der Waals surface area contributed by atoms with E-state index in [9.17, 15) is 9.90 Å². The van der Waals surface area contributed by atoms with Gasteiger partial charge < -0.3 is 5.11 Å². The van der Waals surface area contributed by atoms with Crippen LogP contribution in [-0.4, -0.2) is 40.0 Å². The highest BCUT2D eigenvalue weighted by molar-refractivity contribution is 5.85. The number of ketones is 1. The maximum Gasteiger partial charge on any atom is 0.140 e.